The molecule has 1 fully saturated rings. The third-order valence-corrected chi connectivity index (χ3v) is 3.60. The monoisotopic (exact) mass is 286 g/mol. The maximum atomic E-state index is 12.6. The molecule has 2 heterocycles. The van der Waals surface area contributed by atoms with Gasteiger partial charge in [0.05, 0.1) is 30.6 Å². The van der Waals surface area contributed by atoms with Gasteiger partial charge in [0.25, 0.3) is 5.91 Å². The number of carbonyl (C=O) groups is 1. The van der Waals surface area contributed by atoms with Gasteiger partial charge in [-0.25, -0.2) is 0 Å². The van der Waals surface area contributed by atoms with E-state index in [-0.39, 0.29) is 11.9 Å². The standard InChI is InChI=1S/C15H18N4O2/c1-11-10-21-9-8-18(11)15(20)14-12(2)16-19(17-14)13-6-4-3-5-7-13/h3-7,11H,8-10H2,1-2H3/t11-/m1/s1. The van der Waals surface area contributed by atoms with E-state index in [0.29, 0.717) is 31.1 Å². The van der Waals surface area contributed by atoms with E-state index in [9.17, 15) is 4.79 Å². The predicted molar refractivity (Wildman–Crippen MR) is 77.4 cm³/mol. The molecule has 21 heavy (non-hydrogen) atoms. The molecule has 0 bridgehead atoms. The second-order valence-electron chi connectivity index (χ2n) is 5.18. The molecule has 6 heteroatoms. The minimum Gasteiger partial charge on any atom is -0.377 e. The molecule has 1 atom stereocenters. The third kappa shape index (κ3) is 2.67. The molecule has 0 N–H and O–H groups in total. The van der Waals surface area contributed by atoms with Crippen LogP contribution in [0.5, 0.6) is 0 Å². The normalized spacial score (nSPS) is 18.8. The Hall–Kier alpha value is -2.21. The van der Waals surface area contributed by atoms with Gasteiger partial charge in [-0.1, -0.05) is 18.2 Å². The Balaban J connectivity index is 1.89. The smallest absolute Gasteiger partial charge is 0.276 e. The second-order valence-corrected chi connectivity index (χ2v) is 5.18. The number of nitrogens with zero attached hydrogens (tertiary/aromatic N) is 4. The van der Waals surface area contributed by atoms with Crippen molar-refractivity contribution in [3.63, 3.8) is 0 Å². The largest absolute Gasteiger partial charge is 0.377 e. The summed E-state index contributed by atoms with van der Waals surface area (Å²) in [6.07, 6.45) is 0. The number of carbonyl (C=O) groups excluding carboxylic acids is 1. The molecular weight excluding hydrogens is 268 g/mol. The van der Waals surface area contributed by atoms with Crippen LogP contribution >= 0.6 is 0 Å². The van der Waals surface area contributed by atoms with Crippen LogP contribution in [0.25, 0.3) is 5.69 Å². The number of aryl methyl sites for hydroxylation is 1. The van der Waals surface area contributed by atoms with Gasteiger partial charge >= 0.3 is 0 Å². The van der Waals surface area contributed by atoms with Crippen molar-refractivity contribution in [2.24, 2.45) is 0 Å². The molecule has 1 aromatic heterocycles. The van der Waals surface area contributed by atoms with Crippen LogP contribution in [0.3, 0.4) is 0 Å². The average Bonchev–Trinajstić information content (AvgIpc) is 2.90. The molecule has 0 spiro atoms. The zero-order valence-corrected chi connectivity index (χ0v) is 12.2. The van der Waals surface area contributed by atoms with Crippen molar-refractivity contribution in [2.45, 2.75) is 19.9 Å². The molecule has 1 aliphatic heterocycles. The molecule has 1 aromatic carbocycles. The van der Waals surface area contributed by atoms with Crippen molar-refractivity contribution in [1.29, 1.82) is 0 Å². The number of hydrogen-bond acceptors (Lipinski definition) is 4. The predicted octanol–water partition coefficient (Wildman–Crippen LogP) is 1.44. The molecule has 3 rings (SSSR count). The maximum Gasteiger partial charge on any atom is 0.276 e. The molecular formula is C15H18N4O2. The fourth-order valence-electron chi connectivity index (χ4n) is 2.42. The zero-order valence-electron chi connectivity index (χ0n) is 12.2. The van der Waals surface area contributed by atoms with E-state index in [1.165, 1.54) is 4.80 Å². The van der Waals surface area contributed by atoms with Crippen molar-refractivity contribution in [2.75, 3.05) is 19.8 Å². The molecule has 110 valence electrons. The van der Waals surface area contributed by atoms with Crippen LogP contribution in [-0.2, 0) is 4.74 Å². The molecule has 1 amide bonds. The summed E-state index contributed by atoms with van der Waals surface area (Å²) in [5, 5.41) is 8.71. The molecule has 1 aliphatic rings. The van der Waals surface area contributed by atoms with E-state index in [1.54, 1.807) is 4.90 Å². The maximum absolute atomic E-state index is 12.6. The summed E-state index contributed by atoms with van der Waals surface area (Å²) < 4.78 is 5.37. The summed E-state index contributed by atoms with van der Waals surface area (Å²) in [6.45, 7) is 5.52. The lowest BCUT2D eigenvalue weighted by Crippen LogP contribution is -2.47. The fraction of sp³-hybridized carbons (Fsp3) is 0.400. The number of morpholine rings is 1. The van der Waals surface area contributed by atoms with Gasteiger partial charge in [-0.15, -0.1) is 5.10 Å². The van der Waals surface area contributed by atoms with Gasteiger partial charge in [-0.3, -0.25) is 4.79 Å². The highest BCUT2D eigenvalue weighted by molar-refractivity contribution is 5.93. The molecule has 0 saturated carbocycles. The highest BCUT2D eigenvalue weighted by Gasteiger charge is 2.28. The fourth-order valence-corrected chi connectivity index (χ4v) is 2.42. The Bertz CT molecular complexity index is 638. The molecule has 0 unspecified atom stereocenters. The van der Waals surface area contributed by atoms with E-state index < -0.39 is 0 Å². The lowest BCUT2D eigenvalue weighted by atomic mass is 10.2. The van der Waals surface area contributed by atoms with Gasteiger partial charge in [-0.05, 0) is 26.0 Å². The first-order chi connectivity index (χ1) is 10.2. The molecule has 0 aliphatic carbocycles. The Morgan fingerprint density at radius 2 is 2.05 bits per heavy atom. The van der Waals surface area contributed by atoms with Crippen LogP contribution in [0, 0.1) is 6.92 Å². The average molecular weight is 286 g/mol. The second kappa shape index (κ2) is 5.65. The number of aromatic nitrogens is 3. The molecule has 0 radical (unpaired) electrons. The number of rotatable bonds is 2. The first-order valence-corrected chi connectivity index (χ1v) is 7.05. The SMILES string of the molecule is Cc1nn(-c2ccccc2)nc1C(=O)N1CCOC[C@H]1C. The Kier molecular flexibility index (Phi) is 3.70. The number of para-hydroxylation sites is 1. The van der Waals surface area contributed by atoms with Crippen molar-refractivity contribution in [1.82, 2.24) is 19.9 Å². The van der Waals surface area contributed by atoms with Crippen molar-refractivity contribution in [3.8, 4) is 5.69 Å². The van der Waals surface area contributed by atoms with Gasteiger partial charge in [0.15, 0.2) is 5.69 Å². The van der Waals surface area contributed by atoms with E-state index in [0.717, 1.165) is 5.69 Å². The topological polar surface area (TPSA) is 60.2 Å². The summed E-state index contributed by atoms with van der Waals surface area (Å²) in [4.78, 5) is 15.9. The van der Waals surface area contributed by atoms with Crippen LogP contribution < -0.4 is 0 Å². The van der Waals surface area contributed by atoms with Gasteiger partial charge in [0.2, 0.25) is 0 Å². The summed E-state index contributed by atoms with van der Waals surface area (Å²) >= 11 is 0. The molecule has 2 aromatic rings. The minimum absolute atomic E-state index is 0.0625. The Morgan fingerprint density at radius 3 is 2.76 bits per heavy atom. The summed E-state index contributed by atoms with van der Waals surface area (Å²) in [7, 11) is 0. The van der Waals surface area contributed by atoms with Gasteiger partial charge < -0.3 is 9.64 Å². The highest BCUT2D eigenvalue weighted by Crippen LogP contribution is 2.14. The number of hydrogen-bond donors (Lipinski definition) is 0. The number of benzene rings is 1. The minimum atomic E-state index is -0.0783. The molecule has 6 nitrogen and oxygen atoms in total. The number of amides is 1. The van der Waals surface area contributed by atoms with Crippen LogP contribution in [0.15, 0.2) is 30.3 Å². The lowest BCUT2D eigenvalue weighted by Gasteiger charge is -2.32. The van der Waals surface area contributed by atoms with Gasteiger partial charge in [0, 0.05) is 6.54 Å². The van der Waals surface area contributed by atoms with Crippen molar-refractivity contribution in [3.05, 3.63) is 41.7 Å². The summed E-state index contributed by atoms with van der Waals surface area (Å²) in [6, 6.07) is 9.64. The summed E-state index contributed by atoms with van der Waals surface area (Å²) in [5.74, 6) is -0.0783. The van der Waals surface area contributed by atoms with E-state index in [1.807, 2.05) is 44.2 Å². The van der Waals surface area contributed by atoms with Crippen molar-refractivity contribution >= 4 is 5.91 Å². The van der Waals surface area contributed by atoms with Crippen LogP contribution in [-0.4, -0.2) is 51.6 Å². The quantitative estimate of drug-likeness (QED) is 0.838. The summed E-state index contributed by atoms with van der Waals surface area (Å²) in [5.41, 5.74) is 1.89. The zero-order chi connectivity index (χ0) is 14.8. The van der Waals surface area contributed by atoms with Crippen LogP contribution in [0.2, 0.25) is 0 Å². The first-order valence-electron chi connectivity index (χ1n) is 7.05. The van der Waals surface area contributed by atoms with Gasteiger partial charge in [0.1, 0.15) is 0 Å². The Morgan fingerprint density at radius 1 is 1.29 bits per heavy atom. The Labute approximate surface area is 123 Å². The van der Waals surface area contributed by atoms with Crippen molar-refractivity contribution < 1.29 is 9.53 Å². The van der Waals surface area contributed by atoms with Crippen LogP contribution in [0.1, 0.15) is 23.1 Å². The highest BCUT2D eigenvalue weighted by atomic mass is 16.5. The van der Waals surface area contributed by atoms with Gasteiger partial charge in [-0.2, -0.15) is 9.90 Å². The molecule has 1 saturated heterocycles. The third-order valence-electron chi connectivity index (χ3n) is 3.60. The van der Waals surface area contributed by atoms with Crippen LogP contribution in [0.4, 0.5) is 0 Å². The first kappa shape index (κ1) is 13.8. The lowest BCUT2D eigenvalue weighted by molar-refractivity contribution is 0.00320. The van der Waals surface area contributed by atoms with E-state index in [2.05, 4.69) is 10.2 Å². The van der Waals surface area contributed by atoms with E-state index in [4.69, 9.17) is 4.74 Å². The van der Waals surface area contributed by atoms with E-state index >= 15 is 0 Å². The number of ether oxygens (including phenoxy) is 1.